The summed E-state index contributed by atoms with van der Waals surface area (Å²) in [5.41, 5.74) is 0. The van der Waals surface area contributed by atoms with Crippen LogP contribution in [0.15, 0.2) is 0 Å². The summed E-state index contributed by atoms with van der Waals surface area (Å²) in [5.74, 6) is 1.01. The predicted octanol–water partition coefficient (Wildman–Crippen LogP) is 1.81. The molecule has 2 fully saturated rings. The molecule has 3 heteroatoms. The lowest BCUT2D eigenvalue weighted by Crippen LogP contribution is -2.51. The zero-order valence-corrected chi connectivity index (χ0v) is 10.9. The van der Waals surface area contributed by atoms with Gasteiger partial charge in [-0.1, -0.05) is 6.92 Å². The molecule has 2 aliphatic rings. The van der Waals surface area contributed by atoms with Gasteiger partial charge in [0, 0.05) is 30.9 Å². The molecule has 0 bridgehead atoms. The van der Waals surface area contributed by atoms with Crippen LogP contribution < -0.4 is 5.32 Å². The van der Waals surface area contributed by atoms with Crippen molar-refractivity contribution >= 4 is 11.8 Å². The summed E-state index contributed by atoms with van der Waals surface area (Å²) in [7, 11) is 0. The van der Waals surface area contributed by atoms with E-state index in [-0.39, 0.29) is 0 Å². The molecule has 1 saturated carbocycles. The van der Waals surface area contributed by atoms with Gasteiger partial charge in [0.25, 0.3) is 0 Å². The third-order valence-electron chi connectivity index (χ3n) is 3.73. The van der Waals surface area contributed by atoms with Gasteiger partial charge in [0.05, 0.1) is 0 Å². The van der Waals surface area contributed by atoms with Crippen molar-refractivity contribution in [3.8, 4) is 0 Å². The molecule has 2 rings (SSSR count). The molecule has 0 radical (unpaired) electrons. The minimum atomic E-state index is 0.809. The molecule has 0 aromatic heterocycles. The molecule has 1 aliphatic carbocycles. The first kappa shape index (κ1) is 11.7. The molecule has 2 atom stereocenters. The van der Waals surface area contributed by atoms with Gasteiger partial charge in [0.15, 0.2) is 0 Å². The van der Waals surface area contributed by atoms with Gasteiger partial charge in [-0.2, -0.15) is 11.8 Å². The molecule has 0 amide bonds. The standard InChI is InChI=1S/C12H24N2S/c1-10(15-2)5-7-14-8-6-13-12(9-14)11-3-4-11/h10-13H,3-9H2,1-2H3. The van der Waals surface area contributed by atoms with Gasteiger partial charge in [0.2, 0.25) is 0 Å². The Morgan fingerprint density at radius 3 is 2.93 bits per heavy atom. The lowest BCUT2D eigenvalue weighted by atomic mass is 10.1. The van der Waals surface area contributed by atoms with Crippen molar-refractivity contribution in [1.82, 2.24) is 10.2 Å². The SMILES string of the molecule is CSC(C)CCN1CCNC(C2CC2)C1. The third kappa shape index (κ3) is 3.65. The Bertz CT molecular complexity index is 194. The maximum absolute atomic E-state index is 3.67. The normalized spacial score (nSPS) is 30.4. The van der Waals surface area contributed by atoms with E-state index < -0.39 is 0 Å². The van der Waals surface area contributed by atoms with Gasteiger partial charge in [-0.3, -0.25) is 0 Å². The van der Waals surface area contributed by atoms with Gasteiger partial charge >= 0.3 is 0 Å². The number of thioether (sulfide) groups is 1. The van der Waals surface area contributed by atoms with E-state index in [4.69, 9.17) is 0 Å². The van der Waals surface area contributed by atoms with Crippen molar-refractivity contribution in [3.63, 3.8) is 0 Å². The number of nitrogens with zero attached hydrogens (tertiary/aromatic N) is 1. The summed E-state index contributed by atoms with van der Waals surface area (Å²) >= 11 is 1.99. The zero-order chi connectivity index (χ0) is 10.7. The molecule has 88 valence electrons. The van der Waals surface area contributed by atoms with Crippen LogP contribution in [-0.4, -0.2) is 48.6 Å². The fourth-order valence-electron chi connectivity index (χ4n) is 2.34. The Hall–Kier alpha value is 0.270. The summed E-state index contributed by atoms with van der Waals surface area (Å²) in [6, 6.07) is 0.809. The molecule has 1 aliphatic heterocycles. The van der Waals surface area contributed by atoms with Gasteiger partial charge in [-0.15, -0.1) is 0 Å². The molecule has 2 nitrogen and oxygen atoms in total. The van der Waals surface area contributed by atoms with E-state index in [1.807, 2.05) is 11.8 Å². The van der Waals surface area contributed by atoms with E-state index in [1.165, 1.54) is 45.4 Å². The fraction of sp³-hybridized carbons (Fsp3) is 1.00. The zero-order valence-electron chi connectivity index (χ0n) is 10.0. The summed E-state index contributed by atoms with van der Waals surface area (Å²) in [6.07, 6.45) is 6.49. The minimum Gasteiger partial charge on any atom is -0.311 e. The van der Waals surface area contributed by atoms with E-state index in [1.54, 1.807) is 0 Å². The van der Waals surface area contributed by atoms with Crippen LogP contribution in [0, 0.1) is 5.92 Å². The second kappa shape index (κ2) is 5.55. The number of piperazine rings is 1. The second-order valence-electron chi connectivity index (χ2n) is 5.03. The Balaban J connectivity index is 1.67. The topological polar surface area (TPSA) is 15.3 Å². The molecule has 1 heterocycles. The predicted molar refractivity (Wildman–Crippen MR) is 68.5 cm³/mol. The van der Waals surface area contributed by atoms with Crippen LogP contribution in [0.2, 0.25) is 0 Å². The maximum Gasteiger partial charge on any atom is 0.0223 e. The van der Waals surface area contributed by atoms with Crippen molar-refractivity contribution in [1.29, 1.82) is 0 Å². The van der Waals surface area contributed by atoms with Crippen LogP contribution in [0.4, 0.5) is 0 Å². The van der Waals surface area contributed by atoms with Gasteiger partial charge < -0.3 is 10.2 Å². The lowest BCUT2D eigenvalue weighted by molar-refractivity contribution is 0.187. The highest BCUT2D eigenvalue weighted by Crippen LogP contribution is 2.33. The van der Waals surface area contributed by atoms with E-state index in [0.717, 1.165) is 17.2 Å². The average Bonchev–Trinajstić information content (AvgIpc) is 3.10. The van der Waals surface area contributed by atoms with Crippen molar-refractivity contribution in [3.05, 3.63) is 0 Å². The monoisotopic (exact) mass is 228 g/mol. The number of hydrogen-bond acceptors (Lipinski definition) is 3. The average molecular weight is 228 g/mol. The quantitative estimate of drug-likeness (QED) is 0.772. The molecule has 0 aromatic rings. The van der Waals surface area contributed by atoms with Crippen molar-refractivity contribution < 1.29 is 0 Å². The maximum atomic E-state index is 3.67. The highest BCUT2D eigenvalue weighted by Gasteiger charge is 2.33. The first-order chi connectivity index (χ1) is 7.29. The summed E-state index contributed by atoms with van der Waals surface area (Å²) in [5, 5.41) is 4.48. The fourth-order valence-corrected chi connectivity index (χ4v) is 2.68. The Morgan fingerprint density at radius 2 is 2.27 bits per heavy atom. The van der Waals surface area contributed by atoms with Crippen molar-refractivity contribution in [2.45, 2.75) is 37.5 Å². The smallest absolute Gasteiger partial charge is 0.0223 e. The summed E-state index contributed by atoms with van der Waals surface area (Å²) < 4.78 is 0. The van der Waals surface area contributed by atoms with Gasteiger partial charge in [-0.25, -0.2) is 0 Å². The molecule has 0 aromatic carbocycles. The summed E-state index contributed by atoms with van der Waals surface area (Å²) in [4.78, 5) is 2.66. The third-order valence-corrected chi connectivity index (χ3v) is 4.78. The largest absolute Gasteiger partial charge is 0.311 e. The number of nitrogens with one attached hydrogen (secondary N) is 1. The number of rotatable bonds is 5. The van der Waals surface area contributed by atoms with Crippen LogP contribution in [0.3, 0.4) is 0 Å². The van der Waals surface area contributed by atoms with Crippen LogP contribution in [-0.2, 0) is 0 Å². The highest BCUT2D eigenvalue weighted by atomic mass is 32.2. The molecule has 15 heavy (non-hydrogen) atoms. The highest BCUT2D eigenvalue weighted by molar-refractivity contribution is 7.99. The number of hydrogen-bond donors (Lipinski definition) is 1. The van der Waals surface area contributed by atoms with Crippen LogP contribution in [0.25, 0.3) is 0 Å². The van der Waals surface area contributed by atoms with E-state index in [0.29, 0.717) is 0 Å². The molecular weight excluding hydrogens is 204 g/mol. The van der Waals surface area contributed by atoms with Crippen LogP contribution in [0.1, 0.15) is 26.2 Å². The minimum absolute atomic E-state index is 0.809. The van der Waals surface area contributed by atoms with Crippen LogP contribution >= 0.6 is 11.8 Å². The van der Waals surface area contributed by atoms with E-state index in [9.17, 15) is 0 Å². The van der Waals surface area contributed by atoms with Crippen LogP contribution in [0.5, 0.6) is 0 Å². The Labute approximate surface area is 98.2 Å². The molecular formula is C12H24N2S. The molecule has 2 unspecified atom stereocenters. The van der Waals surface area contributed by atoms with Gasteiger partial charge in [0.1, 0.15) is 0 Å². The van der Waals surface area contributed by atoms with Gasteiger partial charge in [-0.05, 0) is 38.0 Å². The van der Waals surface area contributed by atoms with E-state index >= 15 is 0 Å². The first-order valence-corrected chi connectivity index (χ1v) is 7.57. The lowest BCUT2D eigenvalue weighted by Gasteiger charge is -2.34. The summed E-state index contributed by atoms with van der Waals surface area (Å²) in [6.45, 7) is 7.39. The Kier molecular flexibility index (Phi) is 4.35. The van der Waals surface area contributed by atoms with Crippen molar-refractivity contribution in [2.24, 2.45) is 5.92 Å². The molecule has 0 spiro atoms. The molecule has 1 saturated heterocycles. The second-order valence-corrected chi connectivity index (χ2v) is 6.31. The Morgan fingerprint density at radius 1 is 1.47 bits per heavy atom. The molecule has 1 N–H and O–H groups in total. The van der Waals surface area contributed by atoms with Crippen molar-refractivity contribution in [2.75, 3.05) is 32.4 Å². The first-order valence-electron chi connectivity index (χ1n) is 6.28. The van der Waals surface area contributed by atoms with E-state index in [2.05, 4.69) is 23.4 Å².